The molecule has 0 radical (unpaired) electrons. The molecular formula is C17H17N3O3S. The standard InChI is InChI=1S/C17H17N3O3S/c1-13-5-2-3-6-16(13)20-17(21)14-7-9-15(10-8-14)24(22,23)19-12-4-11-18/h2-3,5-10,19H,4,12H2,1H3,(H,20,21). The zero-order valence-electron chi connectivity index (χ0n) is 13.1. The van der Waals surface area contributed by atoms with Crippen molar-refractivity contribution in [3.05, 3.63) is 59.7 Å². The van der Waals surface area contributed by atoms with Gasteiger partial charge in [0.25, 0.3) is 5.91 Å². The summed E-state index contributed by atoms with van der Waals surface area (Å²) in [5, 5.41) is 11.2. The molecule has 0 aliphatic rings. The summed E-state index contributed by atoms with van der Waals surface area (Å²) >= 11 is 0. The van der Waals surface area contributed by atoms with Gasteiger partial charge in [-0.3, -0.25) is 4.79 Å². The number of nitrogens with zero attached hydrogens (tertiary/aromatic N) is 1. The van der Waals surface area contributed by atoms with Crippen LogP contribution in [0.4, 0.5) is 5.69 Å². The van der Waals surface area contributed by atoms with E-state index in [-0.39, 0.29) is 23.8 Å². The predicted octanol–water partition coefficient (Wildman–Crippen LogP) is 2.44. The molecule has 2 rings (SSSR count). The number of sulfonamides is 1. The van der Waals surface area contributed by atoms with Crippen LogP contribution in [0.1, 0.15) is 22.3 Å². The van der Waals surface area contributed by atoms with E-state index in [1.54, 1.807) is 6.07 Å². The Hall–Kier alpha value is -2.69. The van der Waals surface area contributed by atoms with Crippen molar-refractivity contribution in [3.8, 4) is 6.07 Å². The summed E-state index contributed by atoms with van der Waals surface area (Å²) < 4.78 is 26.3. The first-order valence-corrected chi connectivity index (χ1v) is 8.76. The average molecular weight is 343 g/mol. The van der Waals surface area contributed by atoms with Crippen LogP contribution in [0, 0.1) is 18.3 Å². The zero-order valence-corrected chi connectivity index (χ0v) is 13.9. The van der Waals surface area contributed by atoms with Gasteiger partial charge in [-0.15, -0.1) is 0 Å². The minimum atomic E-state index is -3.67. The molecule has 2 aromatic rings. The minimum Gasteiger partial charge on any atom is -0.322 e. The second-order valence-electron chi connectivity index (χ2n) is 5.10. The molecule has 0 aromatic heterocycles. The van der Waals surface area contributed by atoms with Crippen molar-refractivity contribution in [2.75, 3.05) is 11.9 Å². The monoisotopic (exact) mass is 343 g/mol. The SMILES string of the molecule is Cc1ccccc1NC(=O)c1ccc(S(=O)(=O)NCCC#N)cc1. The summed E-state index contributed by atoms with van der Waals surface area (Å²) in [6.45, 7) is 1.94. The molecule has 0 atom stereocenters. The number of anilines is 1. The quantitative estimate of drug-likeness (QED) is 0.787. The number of amides is 1. The molecule has 6 nitrogen and oxygen atoms in total. The van der Waals surface area contributed by atoms with E-state index in [1.165, 1.54) is 24.3 Å². The number of benzene rings is 2. The lowest BCUT2D eigenvalue weighted by atomic mass is 10.1. The number of nitrogens with one attached hydrogen (secondary N) is 2. The molecule has 0 fully saturated rings. The largest absolute Gasteiger partial charge is 0.322 e. The van der Waals surface area contributed by atoms with Crippen LogP contribution in [-0.2, 0) is 10.0 Å². The maximum Gasteiger partial charge on any atom is 0.255 e. The maximum atomic E-state index is 12.2. The lowest BCUT2D eigenvalue weighted by molar-refractivity contribution is 0.102. The van der Waals surface area contributed by atoms with Gasteiger partial charge in [0, 0.05) is 24.2 Å². The molecule has 0 saturated heterocycles. The van der Waals surface area contributed by atoms with Crippen LogP contribution in [0.25, 0.3) is 0 Å². The Morgan fingerprint density at radius 2 is 1.79 bits per heavy atom. The van der Waals surface area contributed by atoms with E-state index in [1.807, 2.05) is 31.2 Å². The summed E-state index contributed by atoms with van der Waals surface area (Å²) in [6, 6.07) is 14.9. The van der Waals surface area contributed by atoms with Crippen LogP contribution in [-0.4, -0.2) is 20.9 Å². The zero-order chi connectivity index (χ0) is 17.6. The van der Waals surface area contributed by atoms with E-state index >= 15 is 0 Å². The van der Waals surface area contributed by atoms with Gasteiger partial charge < -0.3 is 5.32 Å². The fraction of sp³-hybridized carbons (Fsp3) is 0.176. The van der Waals surface area contributed by atoms with Gasteiger partial charge in [-0.05, 0) is 42.8 Å². The number of aryl methyl sites for hydroxylation is 1. The number of hydrogen-bond donors (Lipinski definition) is 2. The minimum absolute atomic E-state index is 0.0490. The third kappa shape index (κ3) is 4.41. The van der Waals surface area contributed by atoms with Crippen molar-refractivity contribution < 1.29 is 13.2 Å². The van der Waals surface area contributed by atoms with E-state index < -0.39 is 10.0 Å². The Morgan fingerprint density at radius 3 is 2.42 bits per heavy atom. The summed E-state index contributed by atoms with van der Waals surface area (Å²) in [5.74, 6) is -0.314. The number of para-hydroxylation sites is 1. The topological polar surface area (TPSA) is 99.1 Å². The third-order valence-corrected chi connectivity index (χ3v) is 4.83. The summed E-state index contributed by atoms with van der Waals surface area (Å²) in [4.78, 5) is 12.3. The number of hydrogen-bond acceptors (Lipinski definition) is 4. The Morgan fingerprint density at radius 1 is 1.12 bits per heavy atom. The van der Waals surface area contributed by atoms with Gasteiger partial charge in [-0.2, -0.15) is 5.26 Å². The molecule has 0 aliphatic carbocycles. The lowest BCUT2D eigenvalue weighted by Crippen LogP contribution is -2.24. The first-order chi connectivity index (χ1) is 11.4. The average Bonchev–Trinajstić information content (AvgIpc) is 2.57. The van der Waals surface area contributed by atoms with Gasteiger partial charge in [-0.1, -0.05) is 18.2 Å². The molecule has 24 heavy (non-hydrogen) atoms. The van der Waals surface area contributed by atoms with E-state index in [0.29, 0.717) is 11.3 Å². The van der Waals surface area contributed by atoms with E-state index in [4.69, 9.17) is 5.26 Å². The molecular weight excluding hydrogens is 326 g/mol. The highest BCUT2D eigenvalue weighted by molar-refractivity contribution is 7.89. The highest BCUT2D eigenvalue weighted by Gasteiger charge is 2.14. The van der Waals surface area contributed by atoms with Crippen molar-refractivity contribution >= 4 is 21.6 Å². The Balaban J connectivity index is 2.10. The van der Waals surface area contributed by atoms with E-state index in [0.717, 1.165) is 5.56 Å². The molecule has 2 N–H and O–H groups in total. The Labute approximate surface area is 141 Å². The van der Waals surface area contributed by atoms with Crippen LogP contribution in [0.15, 0.2) is 53.4 Å². The number of carbonyl (C=O) groups is 1. The second kappa shape index (κ2) is 7.73. The summed E-state index contributed by atoms with van der Waals surface area (Å²) in [7, 11) is -3.67. The molecule has 2 aromatic carbocycles. The maximum absolute atomic E-state index is 12.2. The van der Waals surface area contributed by atoms with Crippen molar-refractivity contribution in [1.29, 1.82) is 5.26 Å². The molecule has 0 spiro atoms. The number of nitriles is 1. The highest BCUT2D eigenvalue weighted by atomic mass is 32.2. The molecule has 0 bridgehead atoms. The van der Waals surface area contributed by atoms with E-state index in [2.05, 4.69) is 10.0 Å². The lowest BCUT2D eigenvalue weighted by Gasteiger charge is -2.09. The van der Waals surface area contributed by atoms with Gasteiger partial charge >= 0.3 is 0 Å². The fourth-order valence-corrected chi connectivity index (χ4v) is 3.05. The van der Waals surface area contributed by atoms with Crippen LogP contribution in [0.3, 0.4) is 0 Å². The smallest absolute Gasteiger partial charge is 0.255 e. The van der Waals surface area contributed by atoms with Crippen molar-refractivity contribution in [2.45, 2.75) is 18.2 Å². The van der Waals surface area contributed by atoms with Crippen LogP contribution in [0.5, 0.6) is 0 Å². The van der Waals surface area contributed by atoms with Gasteiger partial charge in [0.1, 0.15) is 0 Å². The second-order valence-corrected chi connectivity index (χ2v) is 6.87. The third-order valence-electron chi connectivity index (χ3n) is 3.35. The van der Waals surface area contributed by atoms with Gasteiger partial charge in [0.15, 0.2) is 0 Å². The number of carbonyl (C=O) groups excluding carboxylic acids is 1. The Bertz CT molecular complexity index is 869. The molecule has 0 heterocycles. The van der Waals surface area contributed by atoms with Crippen LogP contribution < -0.4 is 10.0 Å². The molecule has 124 valence electrons. The summed E-state index contributed by atoms with van der Waals surface area (Å²) in [5.41, 5.74) is 2.00. The molecule has 7 heteroatoms. The van der Waals surface area contributed by atoms with E-state index in [9.17, 15) is 13.2 Å². The van der Waals surface area contributed by atoms with Gasteiger partial charge in [0.05, 0.1) is 11.0 Å². The summed E-state index contributed by atoms with van der Waals surface area (Å²) in [6.07, 6.45) is 0.0934. The Kier molecular flexibility index (Phi) is 5.68. The van der Waals surface area contributed by atoms with Crippen LogP contribution >= 0.6 is 0 Å². The molecule has 1 amide bonds. The van der Waals surface area contributed by atoms with Crippen LogP contribution in [0.2, 0.25) is 0 Å². The molecule has 0 unspecified atom stereocenters. The van der Waals surface area contributed by atoms with Crippen molar-refractivity contribution in [3.63, 3.8) is 0 Å². The van der Waals surface area contributed by atoms with Crippen molar-refractivity contribution in [1.82, 2.24) is 4.72 Å². The first-order valence-electron chi connectivity index (χ1n) is 7.28. The normalized spacial score (nSPS) is 10.8. The van der Waals surface area contributed by atoms with Gasteiger partial charge in [-0.25, -0.2) is 13.1 Å². The highest BCUT2D eigenvalue weighted by Crippen LogP contribution is 2.16. The number of rotatable bonds is 6. The fourth-order valence-electron chi connectivity index (χ4n) is 2.02. The molecule has 0 saturated carbocycles. The first kappa shape index (κ1) is 17.7. The molecule has 0 aliphatic heterocycles. The van der Waals surface area contributed by atoms with Crippen molar-refractivity contribution in [2.24, 2.45) is 0 Å². The predicted molar refractivity (Wildman–Crippen MR) is 91.0 cm³/mol. The van der Waals surface area contributed by atoms with Gasteiger partial charge in [0.2, 0.25) is 10.0 Å².